The minimum Gasteiger partial charge on any atom is -0.483 e. The molecule has 0 unspecified atom stereocenters. The number of aromatic nitrogens is 2. The number of halogens is 4. The normalized spacial score (nSPS) is 11.0. The standard InChI is InChI=1S/C20H19Cl4N3O3/c1-11-18(24)12(2)27(26-11)7-3-6-25-20(28)17-5-4-14(30-17)10-29-19-15(22)8-13(21)9-16(19)23/h4-5,8-9H,3,6-7,10H2,1-2H3,(H,25,28). The molecule has 0 aliphatic rings. The Morgan fingerprint density at radius 3 is 2.50 bits per heavy atom. The Balaban J connectivity index is 1.48. The van der Waals surface area contributed by atoms with E-state index in [4.69, 9.17) is 55.6 Å². The van der Waals surface area contributed by atoms with Crippen LogP contribution in [0.3, 0.4) is 0 Å². The van der Waals surface area contributed by atoms with Crippen molar-refractivity contribution in [1.29, 1.82) is 0 Å². The minimum atomic E-state index is -0.310. The van der Waals surface area contributed by atoms with E-state index in [-0.39, 0.29) is 18.3 Å². The molecule has 3 aromatic rings. The van der Waals surface area contributed by atoms with Crippen molar-refractivity contribution in [3.63, 3.8) is 0 Å². The third-order valence-electron chi connectivity index (χ3n) is 4.33. The third kappa shape index (κ3) is 5.43. The zero-order valence-corrected chi connectivity index (χ0v) is 19.3. The Morgan fingerprint density at radius 2 is 1.87 bits per heavy atom. The lowest BCUT2D eigenvalue weighted by atomic mass is 10.3. The lowest BCUT2D eigenvalue weighted by molar-refractivity contribution is 0.0920. The van der Waals surface area contributed by atoms with Crippen molar-refractivity contribution in [3.05, 3.63) is 67.3 Å². The maximum atomic E-state index is 12.3. The predicted octanol–water partition coefficient (Wildman–Crippen LogP) is 6.11. The second kappa shape index (κ2) is 9.96. The van der Waals surface area contributed by atoms with Crippen molar-refractivity contribution in [2.75, 3.05) is 6.54 Å². The Kier molecular flexibility index (Phi) is 7.58. The molecule has 0 saturated heterocycles. The summed E-state index contributed by atoms with van der Waals surface area (Å²) in [5.41, 5.74) is 1.71. The summed E-state index contributed by atoms with van der Waals surface area (Å²) in [6.07, 6.45) is 0.703. The number of benzene rings is 1. The molecule has 160 valence electrons. The lowest BCUT2D eigenvalue weighted by Crippen LogP contribution is -2.25. The number of furan rings is 1. The van der Waals surface area contributed by atoms with Crippen LogP contribution in [0.4, 0.5) is 0 Å². The minimum absolute atomic E-state index is 0.0625. The van der Waals surface area contributed by atoms with Crippen molar-refractivity contribution in [2.24, 2.45) is 0 Å². The molecule has 0 radical (unpaired) electrons. The van der Waals surface area contributed by atoms with Crippen LogP contribution in [0.15, 0.2) is 28.7 Å². The molecule has 0 atom stereocenters. The molecule has 0 fully saturated rings. The number of nitrogens with one attached hydrogen (secondary N) is 1. The maximum absolute atomic E-state index is 12.3. The summed E-state index contributed by atoms with van der Waals surface area (Å²) in [5, 5.41) is 8.85. The molecule has 1 N–H and O–H groups in total. The van der Waals surface area contributed by atoms with Gasteiger partial charge in [0.05, 0.1) is 26.5 Å². The predicted molar refractivity (Wildman–Crippen MR) is 118 cm³/mol. The summed E-state index contributed by atoms with van der Waals surface area (Å²) in [4.78, 5) is 12.3. The monoisotopic (exact) mass is 489 g/mol. The van der Waals surface area contributed by atoms with Crippen LogP contribution in [0.1, 0.15) is 34.1 Å². The summed E-state index contributed by atoms with van der Waals surface area (Å²) >= 11 is 24.2. The zero-order valence-electron chi connectivity index (χ0n) is 16.3. The van der Waals surface area contributed by atoms with Gasteiger partial charge < -0.3 is 14.5 Å². The maximum Gasteiger partial charge on any atom is 0.286 e. The van der Waals surface area contributed by atoms with E-state index in [1.807, 2.05) is 18.5 Å². The first-order valence-corrected chi connectivity index (χ1v) is 10.6. The van der Waals surface area contributed by atoms with E-state index in [0.29, 0.717) is 51.1 Å². The highest BCUT2D eigenvalue weighted by Gasteiger charge is 2.14. The molecule has 0 aliphatic carbocycles. The molecule has 10 heteroatoms. The molecular formula is C20H19Cl4N3O3. The van der Waals surface area contributed by atoms with Gasteiger partial charge in [0.25, 0.3) is 5.91 Å². The van der Waals surface area contributed by atoms with Gasteiger partial charge in [0.15, 0.2) is 11.5 Å². The van der Waals surface area contributed by atoms with Crippen LogP contribution in [0.2, 0.25) is 20.1 Å². The number of ether oxygens (including phenoxy) is 1. The van der Waals surface area contributed by atoms with Gasteiger partial charge in [-0.3, -0.25) is 9.48 Å². The van der Waals surface area contributed by atoms with Gasteiger partial charge in [-0.1, -0.05) is 46.4 Å². The average molecular weight is 491 g/mol. The number of hydrogen-bond donors (Lipinski definition) is 1. The smallest absolute Gasteiger partial charge is 0.286 e. The quantitative estimate of drug-likeness (QED) is 0.387. The summed E-state index contributed by atoms with van der Waals surface area (Å²) in [5.74, 6) is 0.639. The second-order valence-corrected chi connectivity index (χ2v) is 8.20. The number of aryl methyl sites for hydroxylation is 2. The van der Waals surface area contributed by atoms with Gasteiger partial charge in [-0.2, -0.15) is 5.10 Å². The summed E-state index contributed by atoms with van der Waals surface area (Å²) < 4.78 is 13.0. The SMILES string of the molecule is Cc1nn(CCCNC(=O)c2ccc(COc3c(Cl)cc(Cl)cc3Cl)o2)c(C)c1Cl. The largest absolute Gasteiger partial charge is 0.483 e. The summed E-state index contributed by atoms with van der Waals surface area (Å²) in [6, 6.07) is 6.31. The van der Waals surface area contributed by atoms with Gasteiger partial charge in [-0.25, -0.2) is 0 Å². The highest BCUT2D eigenvalue weighted by Crippen LogP contribution is 2.36. The van der Waals surface area contributed by atoms with Crippen LogP contribution in [0, 0.1) is 13.8 Å². The molecule has 0 aliphatic heterocycles. The first-order chi connectivity index (χ1) is 14.3. The van der Waals surface area contributed by atoms with E-state index in [2.05, 4.69) is 10.4 Å². The Morgan fingerprint density at radius 1 is 1.17 bits per heavy atom. The van der Waals surface area contributed by atoms with Gasteiger partial charge in [0.1, 0.15) is 12.4 Å². The van der Waals surface area contributed by atoms with Gasteiger partial charge in [0.2, 0.25) is 0 Å². The van der Waals surface area contributed by atoms with Crippen LogP contribution in [0.25, 0.3) is 0 Å². The van der Waals surface area contributed by atoms with Crippen LogP contribution in [-0.4, -0.2) is 22.2 Å². The first kappa shape index (κ1) is 22.8. The number of carbonyl (C=O) groups excluding carboxylic acids is 1. The molecule has 30 heavy (non-hydrogen) atoms. The Labute approximate surface area is 194 Å². The summed E-state index contributed by atoms with van der Waals surface area (Å²) in [7, 11) is 0. The van der Waals surface area contributed by atoms with Gasteiger partial charge in [-0.05, 0) is 44.5 Å². The molecule has 2 aromatic heterocycles. The van der Waals surface area contributed by atoms with Gasteiger partial charge >= 0.3 is 0 Å². The van der Waals surface area contributed by atoms with Crippen molar-refractivity contribution in [1.82, 2.24) is 15.1 Å². The van der Waals surface area contributed by atoms with Crippen LogP contribution >= 0.6 is 46.4 Å². The Bertz CT molecular complexity index is 1040. The number of carbonyl (C=O) groups is 1. The third-order valence-corrected chi connectivity index (χ3v) is 5.66. The van der Waals surface area contributed by atoms with Crippen LogP contribution < -0.4 is 10.1 Å². The topological polar surface area (TPSA) is 69.3 Å². The Hall–Kier alpha value is -1.86. The number of rotatable bonds is 8. The molecule has 6 nitrogen and oxygen atoms in total. The molecule has 0 spiro atoms. The van der Waals surface area contributed by atoms with E-state index in [0.717, 1.165) is 11.4 Å². The molecule has 0 saturated carbocycles. The van der Waals surface area contributed by atoms with Crippen LogP contribution in [-0.2, 0) is 13.2 Å². The molecule has 2 heterocycles. The second-order valence-electron chi connectivity index (χ2n) is 6.57. The lowest BCUT2D eigenvalue weighted by Gasteiger charge is -2.09. The van der Waals surface area contributed by atoms with E-state index >= 15 is 0 Å². The molecular weight excluding hydrogens is 472 g/mol. The van der Waals surface area contributed by atoms with Gasteiger partial charge in [0, 0.05) is 18.1 Å². The van der Waals surface area contributed by atoms with E-state index in [9.17, 15) is 4.79 Å². The number of hydrogen-bond acceptors (Lipinski definition) is 4. The van der Waals surface area contributed by atoms with Crippen molar-refractivity contribution < 1.29 is 13.9 Å². The van der Waals surface area contributed by atoms with Crippen molar-refractivity contribution >= 4 is 52.3 Å². The van der Waals surface area contributed by atoms with Crippen molar-refractivity contribution in [3.8, 4) is 5.75 Å². The number of amides is 1. The van der Waals surface area contributed by atoms with E-state index < -0.39 is 0 Å². The fourth-order valence-electron chi connectivity index (χ4n) is 2.80. The zero-order chi connectivity index (χ0) is 21.8. The van der Waals surface area contributed by atoms with E-state index in [1.165, 1.54) is 12.1 Å². The highest BCUT2D eigenvalue weighted by molar-refractivity contribution is 6.40. The van der Waals surface area contributed by atoms with Crippen molar-refractivity contribution in [2.45, 2.75) is 33.4 Å². The van der Waals surface area contributed by atoms with E-state index in [1.54, 1.807) is 12.1 Å². The molecule has 1 aromatic carbocycles. The average Bonchev–Trinajstić information content (AvgIpc) is 3.25. The van der Waals surface area contributed by atoms with Gasteiger partial charge in [-0.15, -0.1) is 0 Å². The number of nitrogens with zero attached hydrogens (tertiary/aromatic N) is 2. The summed E-state index contributed by atoms with van der Waals surface area (Å²) in [6.45, 7) is 4.96. The molecule has 0 bridgehead atoms. The fraction of sp³-hybridized carbons (Fsp3) is 0.300. The molecule has 1 amide bonds. The van der Waals surface area contributed by atoms with Crippen LogP contribution in [0.5, 0.6) is 5.75 Å². The molecule has 3 rings (SSSR count). The fourth-order valence-corrected chi connectivity index (χ4v) is 3.86. The first-order valence-electron chi connectivity index (χ1n) is 9.10. The highest BCUT2D eigenvalue weighted by atomic mass is 35.5.